The molecular formula is C12H9BF4KNO. The van der Waals surface area contributed by atoms with Gasteiger partial charge >= 0.3 is 58.4 Å². The maximum atomic E-state index is 13.4. The van der Waals surface area contributed by atoms with Gasteiger partial charge in [0.15, 0.2) is 11.6 Å². The molecule has 8 heteroatoms. The van der Waals surface area contributed by atoms with Crippen LogP contribution in [-0.2, 0) is 6.61 Å². The smallest absolute Gasteiger partial charge is 0.486 e. The first kappa shape index (κ1) is 17.6. The van der Waals surface area contributed by atoms with E-state index in [1.807, 2.05) is 0 Å². The molecule has 0 unspecified atom stereocenters. The van der Waals surface area contributed by atoms with Gasteiger partial charge in [-0.15, -0.1) is 5.46 Å². The van der Waals surface area contributed by atoms with Crippen molar-refractivity contribution in [2.45, 2.75) is 6.61 Å². The number of rotatable bonds is 4. The number of halogens is 4. The van der Waals surface area contributed by atoms with E-state index in [2.05, 4.69) is 4.98 Å². The molecule has 1 aromatic heterocycles. The van der Waals surface area contributed by atoms with E-state index in [0.717, 1.165) is 6.07 Å². The van der Waals surface area contributed by atoms with Crippen LogP contribution in [-0.4, -0.2) is 12.0 Å². The molecule has 100 valence electrons. The Hall–Kier alpha value is -0.409. The molecule has 2 nitrogen and oxygen atoms in total. The number of benzene rings is 1. The summed E-state index contributed by atoms with van der Waals surface area (Å²) in [6, 6.07) is 5.47. The fourth-order valence-corrected chi connectivity index (χ4v) is 1.48. The van der Waals surface area contributed by atoms with Crippen LogP contribution in [0.5, 0.6) is 5.75 Å². The van der Waals surface area contributed by atoms with Gasteiger partial charge in [-0.1, -0.05) is 12.1 Å². The number of hydrogen-bond acceptors (Lipinski definition) is 2. The standard InChI is InChI=1S/C12H9BF4NO.K/c14-11-4-3-10(13(15,16)17)6-12(11)19-8-9-2-1-5-18-7-9;/h1-7H,8H2;/q-1;+1. The third kappa shape index (κ3) is 4.85. The predicted molar refractivity (Wildman–Crippen MR) is 63.7 cm³/mol. The minimum atomic E-state index is -5.17. The van der Waals surface area contributed by atoms with Gasteiger partial charge < -0.3 is 17.7 Å². The molecule has 20 heavy (non-hydrogen) atoms. The van der Waals surface area contributed by atoms with Crippen LogP contribution in [0, 0.1) is 5.82 Å². The van der Waals surface area contributed by atoms with Crippen LogP contribution in [0.25, 0.3) is 0 Å². The number of hydrogen-bond donors (Lipinski definition) is 0. The minimum Gasteiger partial charge on any atom is -0.486 e. The summed E-state index contributed by atoms with van der Waals surface area (Å²) in [7, 11) is 0. The Morgan fingerprint density at radius 1 is 1.15 bits per heavy atom. The van der Waals surface area contributed by atoms with Crippen molar-refractivity contribution in [1.29, 1.82) is 0 Å². The molecule has 0 radical (unpaired) electrons. The molecule has 0 saturated carbocycles. The van der Waals surface area contributed by atoms with E-state index in [1.54, 1.807) is 18.3 Å². The molecule has 2 rings (SSSR count). The molecule has 0 N–H and O–H groups in total. The van der Waals surface area contributed by atoms with Gasteiger partial charge in [0.2, 0.25) is 0 Å². The summed E-state index contributed by atoms with van der Waals surface area (Å²) in [5.74, 6) is -1.24. The number of nitrogens with zero attached hydrogens (tertiary/aromatic N) is 1. The van der Waals surface area contributed by atoms with Crippen molar-refractivity contribution in [2.24, 2.45) is 0 Å². The number of ether oxygens (including phenoxy) is 1. The van der Waals surface area contributed by atoms with Crippen LogP contribution in [0.2, 0.25) is 0 Å². The van der Waals surface area contributed by atoms with Crippen molar-refractivity contribution in [3.05, 3.63) is 54.1 Å². The summed E-state index contributed by atoms with van der Waals surface area (Å²) < 4.78 is 56.0. The van der Waals surface area contributed by atoms with Crippen LogP contribution in [0.15, 0.2) is 42.7 Å². The average Bonchev–Trinajstić information content (AvgIpc) is 2.37. The topological polar surface area (TPSA) is 22.1 Å². The Bertz CT molecular complexity index is 565. The minimum absolute atomic E-state index is 0. The summed E-state index contributed by atoms with van der Waals surface area (Å²) in [5.41, 5.74) is -0.243. The first-order valence-electron chi connectivity index (χ1n) is 5.48. The SMILES string of the molecule is Fc1ccc([B-](F)(F)F)cc1OCc1cccnc1.[K+]. The molecule has 1 heterocycles. The molecule has 0 amide bonds. The molecule has 1 aromatic carbocycles. The van der Waals surface area contributed by atoms with E-state index < -0.39 is 24.0 Å². The van der Waals surface area contributed by atoms with Gasteiger partial charge in [0, 0.05) is 18.0 Å². The van der Waals surface area contributed by atoms with Crippen LogP contribution in [0.1, 0.15) is 5.56 Å². The molecule has 2 aromatic rings. The summed E-state index contributed by atoms with van der Waals surface area (Å²) in [6.45, 7) is -5.21. The molecule has 0 aliphatic rings. The average molecular weight is 309 g/mol. The van der Waals surface area contributed by atoms with Crippen LogP contribution in [0.4, 0.5) is 17.3 Å². The molecule has 0 saturated heterocycles. The van der Waals surface area contributed by atoms with Crippen molar-refractivity contribution < 1.29 is 73.5 Å². The number of aromatic nitrogens is 1. The van der Waals surface area contributed by atoms with Gasteiger partial charge in [-0.3, -0.25) is 4.98 Å². The Balaban J connectivity index is 0.00000200. The van der Waals surface area contributed by atoms with Gasteiger partial charge in [0.1, 0.15) is 6.61 Å². The second-order valence-corrected chi connectivity index (χ2v) is 3.91. The zero-order valence-electron chi connectivity index (χ0n) is 10.7. The largest absolute Gasteiger partial charge is 1.00 e. The summed E-state index contributed by atoms with van der Waals surface area (Å²) in [6.07, 6.45) is 3.05. The van der Waals surface area contributed by atoms with Crippen molar-refractivity contribution in [3.63, 3.8) is 0 Å². The van der Waals surface area contributed by atoms with Gasteiger partial charge in [-0.25, -0.2) is 4.39 Å². The fraction of sp³-hybridized carbons (Fsp3) is 0.0833. The zero-order chi connectivity index (χ0) is 13.9. The molecule has 0 bridgehead atoms. The Labute approximate surface area is 156 Å². The van der Waals surface area contributed by atoms with E-state index >= 15 is 0 Å². The Morgan fingerprint density at radius 3 is 2.50 bits per heavy atom. The maximum Gasteiger partial charge on any atom is 1.00 e. The fourth-order valence-electron chi connectivity index (χ4n) is 1.48. The predicted octanol–water partition coefficient (Wildman–Crippen LogP) is -0.142. The van der Waals surface area contributed by atoms with Gasteiger partial charge in [0.05, 0.1) is 0 Å². The van der Waals surface area contributed by atoms with E-state index in [9.17, 15) is 17.3 Å². The van der Waals surface area contributed by atoms with E-state index in [1.165, 1.54) is 6.20 Å². The molecule has 0 atom stereocenters. The van der Waals surface area contributed by atoms with Crippen LogP contribution < -0.4 is 61.6 Å². The second-order valence-electron chi connectivity index (χ2n) is 3.91. The zero-order valence-corrected chi connectivity index (χ0v) is 13.8. The first-order valence-corrected chi connectivity index (χ1v) is 5.48. The molecule has 0 aliphatic heterocycles. The second kappa shape index (κ2) is 7.56. The van der Waals surface area contributed by atoms with E-state index in [0.29, 0.717) is 17.7 Å². The quantitative estimate of drug-likeness (QED) is 0.579. The first-order chi connectivity index (χ1) is 8.97. The molecule has 0 aliphatic carbocycles. The van der Waals surface area contributed by atoms with Gasteiger partial charge in [-0.2, -0.15) is 0 Å². The summed E-state index contributed by atoms with van der Waals surface area (Å²) in [5, 5.41) is 0. The van der Waals surface area contributed by atoms with Crippen LogP contribution in [0.3, 0.4) is 0 Å². The van der Waals surface area contributed by atoms with E-state index in [4.69, 9.17) is 4.74 Å². The molecular weight excluding hydrogens is 300 g/mol. The number of pyridine rings is 1. The third-order valence-corrected chi connectivity index (χ3v) is 2.45. The van der Waals surface area contributed by atoms with Crippen molar-refractivity contribution in [1.82, 2.24) is 4.98 Å². The Kier molecular flexibility index (Phi) is 6.67. The van der Waals surface area contributed by atoms with Crippen molar-refractivity contribution in [3.8, 4) is 5.75 Å². The normalized spacial score (nSPS) is 10.8. The van der Waals surface area contributed by atoms with Gasteiger partial charge in [-0.05, 0) is 18.2 Å². The third-order valence-electron chi connectivity index (χ3n) is 2.45. The molecule has 0 spiro atoms. The van der Waals surface area contributed by atoms with Gasteiger partial charge in [0.25, 0.3) is 0 Å². The van der Waals surface area contributed by atoms with E-state index in [-0.39, 0.29) is 58.0 Å². The Morgan fingerprint density at radius 2 is 1.90 bits per heavy atom. The monoisotopic (exact) mass is 309 g/mol. The van der Waals surface area contributed by atoms with Crippen LogP contribution >= 0.6 is 0 Å². The van der Waals surface area contributed by atoms with Crippen molar-refractivity contribution in [2.75, 3.05) is 0 Å². The molecule has 0 fully saturated rings. The summed E-state index contributed by atoms with van der Waals surface area (Å²) in [4.78, 5) is 3.83. The maximum absolute atomic E-state index is 13.4. The van der Waals surface area contributed by atoms with Crippen molar-refractivity contribution >= 4 is 12.4 Å². The summed E-state index contributed by atoms with van der Waals surface area (Å²) >= 11 is 0.